The third kappa shape index (κ3) is 3.49. The van der Waals surface area contributed by atoms with Crippen molar-refractivity contribution in [3.05, 3.63) is 69.7 Å². The lowest BCUT2D eigenvalue weighted by Crippen LogP contribution is -2.22. The minimum absolute atomic E-state index is 0.208. The van der Waals surface area contributed by atoms with Crippen molar-refractivity contribution in [2.45, 2.75) is 17.8 Å². The van der Waals surface area contributed by atoms with E-state index < -0.39 is 0 Å². The zero-order valence-electron chi connectivity index (χ0n) is 16.5. The van der Waals surface area contributed by atoms with Crippen LogP contribution in [0, 0.1) is 6.92 Å². The number of benzene rings is 1. The average Bonchev–Trinajstić information content (AvgIpc) is 3.56. The Morgan fingerprint density at radius 2 is 2.00 bits per heavy atom. The summed E-state index contributed by atoms with van der Waals surface area (Å²) < 4.78 is 10.2. The Kier molecular flexibility index (Phi) is 5.00. The summed E-state index contributed by atoms with van der Waals surface area (Å²) in [4.78, 5) is 18.6. The minimum Gasteiger partial charge on any atom is -0.333 e. The number of nitrogens with zero attached hydrogens (tertiary/aromatic N) is 8. The van der Waals surface area contributed by atoms with Gasteiger partial charge < -0.3 is 4.52 Å². The Morgan fingerprint density at radius 1 is 1.16 bits per heavy atom. The maximum atomic E-state index is 13.2. The first kappa shape index (κ1) is 19.5. The fourth-order valence-corrected chi connectivity index (χ4v) is 4.51. The highest BCUT2D eigenvalue weighted by atomic mass is 32.2. The molecule has 10 nitrogen and oxygen atoms in total. The van der Waals surface area contributed by atoms with Gasteiger partial charge in [0.2, 0.25) is 5.16 Å². The molecular formula is C19H16N8O2S2. The molecule has 12 heteroatoms. The smallest absolute Gasteiger partial charge is 0.297 e. The van der Waals surface area contributed by atoms with Crippen LogP contribution in [-0.2, 0) is 12.8 Å². The standard InChI is InChI=1S/C19H16N8O2S2/c1-12-16(18(28)27(25(12)2)13-7-4-3-5-8-13)26-19(21-23-24-26)31-11-15-20-17(29-22-15)14-9-6-10-30-14/h3-10H,11H2,1-2H3. The molecule has 0 aliphatic rings. The molecule has 0 saturated carbocycles. The Balaban J connectivity index is 1.44. The molecule has 0 amide bonds. The van der Waals surface area contributed by atoms with Gasteiger partial charge in [-0.05, 0) is 40.9 Å². The predicted octanol–water partition coefficient (Wildman–Crippen LogP) is 2.86. The van der Waals surface area contributed by atoms with Crippen LogP contribution in [-0.4, -0.2) is 39.7 Å². The van der Waals surface area contributed by atoms with E-state index in [1.165, 1.54) is 27.8 Å². The van der Waals surface area contributed by atoms with Gasteiger partial charge in [0.15, 0.2) is 11.5 Å². The van der Waals surface area contributed by atoms with Crippen molar-refractivity contribution < 1.29 is 4.52 Å². The first-order valence-corrected chi connectivity index (χ1v) is 11.1. The van der Waals surface area contributed by atoms with Crippen LogP contribution in [0.5, 0.6) is 0 Å². The van der Waals surface area contributed by atoms with E-state index in [1.807, 2.05) is 61.8 Å². The Hall–Kier alpha value is -3.51. The average molecular weight is 453 g/mol. The first-order valence-electron chi connectivity index (χ1n) is 9.25. The van der Waals surface area contributed by atoms with E-state index in [1.54, 1.807) is 9.36 Å². The summed E-state index contributed by atoms with van der Waals surface area (Å²) in [6, 6.07) is 13.3. The highest BCUT2D eigenvalue weighted by Gasteiger charge is 2.22. The van der Waals surface area contributed by atoms with Gasteiger partial charge in [-0.2, -0.15) is 9.67 Å². The normalized spacial score (nSPS) is 11.3. The monoisotopic (exact) mass is 452 g/mol. The molecule has 0 N–H and O–H groups in total. The molecule has 31 heavy (non-hydrogen) atoms. The third-order valence-electron chi connectivity index (χ3n) is 4.71. The molecule has 5 aromatic rings. The van der Waals surface area contributed by atoms with Crippen molar-refractivity contribution in [1.82, 2.24) is 39.7 Å². The zero-order chi connectivity index (χ0) is 21.4. The number of tetrazole rings is 1. The zero-order valence-corrected chi connectivity index (χ0v) is 18.2. The highest BCUT2D eigenvalue weighted by molar-refractivity contribution is 7.98. The van der Waals surface area contributed by atoms with Gasteiger partial charge in [0.1, 0.15) is 0 Å². The molecule has 4 aromatic heterocycles. The first-order chi connectivity index (χ1) is 15.1. The summed E-state index contributed by atoms with van der Waals surface area (Å²) in [6.45, 7) is 1.86. The maximum absolute atomic E-state index is 13.2. The molecule has 0 radical (unpaired) electrons. The van der Waals surface area contributed by atoms with E-state index in [0.717, 1.165) is 16.3 Å². The van der Waals surface area contributed by atoms with Crippen LogP contribution in [0.3, 0.4) is 0 Å². The number of thiophene rings is 1. The van der Waals surface area contributed by atoms with E-state index in [4.69, 9.17) is 4.52 Å². The highest BCUT2D eigenvalue weighted by Crippen LogP contribution is 2.26. The molecule has 0 aliphatic heterocycles. The van der Waals surface area contributed by atoms with Gasteiger partial charge in [-0.15, -0.1) is 16.4 Å². The van der Waals surface area contributed by atoms with Crippen LogP contribution in [0.1, 0.15) is 11.5 Å². The van der Waals surface area contributed by atoms with Crippen molar-refractivity contribution in [3.8, 4) is 22.1 Å². The van der Waals surface area contributed by atoms with E-state index in [-0.39, 0.29) is 5.56 Å². The molecule has 0 spiro atoms. The lowest BCUT2D eigenvalue weighted by molar-refractivity contribution is 0.426. The Morgan fingerprint density at radius 3 is 2.77 bits per heavy atom. The molecule has 1 aromatic carbocycles. The minimum atomic E-state index is -0.208. The van der Waals surface area contributed by atoms with Gasteiger partial charge in [0, 0.05) is 7.05 Å². The van der Waals surface area contributed by atoms with Crippen LogP contribution >= 0.6 is 23.1 Å². The summed E-state index contributed by atoms with van der Waals surface area (Å²) in [7, 11) is 1.83. The second-order valence-electron chi connectivity index (χ2n) is 6.57. The summed E-state index contributed by atoms with van der Waals surface area (Å²) in [5, 5.41) is 18.4. The molecule has 0 bridgehead atoms. The van der Waals surface area contributed by atoms with Crippen molar-refractivity contribution in [2.24, 2.45) is 7.05 Å². The van der Waals surface area contributed by atoms with Crippen LogP contribution < -0.4 is 5.56 Å². The van der Waals surface area contributed by atoms with Crippen LogP contribution in [0.25, 0.3) is 22.1 Å². The summed E-state index contributed by atoms with van der Waals surface area (Å²) in [6.07, 6.45) is 0. The van der Waals surface area contributed by atoms with Crippen molar-refractivity contribution >= 4 is 23.1 Å². The van der Waals surface area contributed by atoms with E-state index in [2.05, 4.69) is 25.7 Å². The number of thioether (sulfide) groups is 1. The van der Waals surface area contributed by atoms with Crippen LogP contribution in [0.4, 0.5) is 0 Å². The summed E-state index contributed by atoms with van der Waals surface area (Å²) >= 11 is 2.86. The van der Waals surface area contributed by atoms with Gasteiger partial charge in [0.25, 0.3) is 11.4 Å². The van der Waals surface area contributed by atoms with Crippen molar-refractivity contribution in [1.29, 1.82) is 0 Å². The molecule has 5 rings (SSSR count). The fourth-order valence-electron chi connectivity index (χ4n) is 3.15. The summed E-state index contributed by atoms with van der Waals surface area (Å²) in [5.74, 6) is 1.40. The topological polar surface area (TPSA) is 109 Å². The van der Waals surface area contributed by atoms with Crippen LogP contribution in [0.2, 0.25) is 0 Å². The molecule has 0 saturated heterocycles. The van der Waals surface area contributed by atoms with Gasteiger partial charge in [-0.1, -0.05) is 41.2 Å². The molecule has 0 unspecified atom stereocenters. The molecule has 156 valence electrons. The summed E-state index contributed by atoms with van der Waals surface area (Å²) in [5.41, 5.74) is 1.69. The quantitative estimate of drug-likeness (QED) is 0.362. The molecular weight excluding hydrogens is 436 g/mol. The second-order valence-corrected chi connectivity index (χ2v) is 8.46. The number of hydrogen-bond acceptors (Lipinski definition) is 9. The second kappa shape index (κ2) is 7.96. The SMILES string of the molecule is Cc1c(-n2nnnc2SCc2noc(-c3cccs3)n2)c(=O)n(-c2ccccc2)n1C. The Labute approximate surface area is 184 Å². The van der Waals surface area contributed by atoms with Crippen LogP contribution in [0.15, 0.2) is 62.3 Å². The van der Waals surface area contributed by atoms with Crippen molar-refractivity contribution in [2.75, 3.05) is 0 Å². The molecule has 0 aliphatic carbocycles. The fraction of sp³-hybridized carbons (Fsp3) is 0.158. The van der Waals surface area contributed by atoms with Gasteiger partial charge in [-0.25, -0.2) is 4.68 Å². The van der Waals surface area contributed by atoms with E-state index in [9.17, 15) is 4.79 Å². The molecule has 4 heterocycles. The number of hydrogen-bond donors (Lipinski definition) is 0. The lowest BCUT2D eigenvalue weighted by atomic mass is 10.3. The number of para-hydroxylation sites is 1. The maximum Gasteiger partial charge on any atom is 0.297 e. The number of aromatic nitrogens is 8. The number of rotatable bonds is 6. The van der Waals surface area contributed by atoms with E-state index in [0.29, 0.717) is 28.3 Å². The largest absolute Gasteiger partial charge is 0.333 e. The van der Waals surface area contributed by atoms with Gasteiger partial charge in [-0.3, -0.25) is 9.48 Å². The predicted molar refractivity (Wildman–Crippen MR) is 116 cm³/mol. The van der Waals surface area contributed by atoms with E-state index >= 15 is 0 Å². The van der Waals surface area contributed by atoms with Gasteiger partial charge >= 0.3 is 0 Å². The van der Waals surface area contributed by atoms with Crippen molar-refractivity contribution in [3.63, 3.8) is 0 Å². The Bertz CT molecular complexity index is 1380. The van der Waals surface area contributed by atoms with Gasteiger partial charge in [0.05, 0.1) is 22.0 Å². The third-order valence-corrected chi connectivity index (χ3v) is 6.48. The molecule has 0 atom stereocenters. The molecule has 0 fully saturated rings. The lowest BCUT2D eigenvalue weighted by Gasteiger charge is -2.07.